The van der Waals surface area contributed by atoms with Crippen molar-refractivity contribution in [3.63, 3.8) is 0 Å². The van der Waals surface area contributed by atoms with E-state index < -0.39 is 18.0 Å². The summed E-state index contributed by atoms with van der Waals surface area (Å²) < 4.78 is 16.2. The number of carbonyl (C=O) groups excluding carboxylic acids is 2. The Morgan fingerprint density at radius 2 is 1.76 bits per heavy atom. The molecule has 10 nitrogen and oxygen atoms in total. The molecule has 2 heterocycles. The van der Waals surface area contributed by atoms with E-state index in [-0.39, 0.29) is 13.2 Å². The van der Waals surface area contributed by atoms with Crippen LogP contribution < -0.4 is 30.2 Å². The smallest absolute Gasteiger partial charge is 0.319 e. The molecule has 1 atom stereocenters. The van der Waals surface area contributed by atoms with Crippen LogP contribution in [0.25, 0.3) is 10.6 Å². The second kappa shape index (κ2) is 11.6. The van der Waals surface area contributed by atoms with Crippen molar-refractivity contribution >= 4 is 34.1 Å². The van der Waals surface area contributed by atoms with Gasteiger partial charge >= 0.3 is 6.03 Å². The minimum Gasteiger partial charge on any atom is -0.494 e. The molecule has 0 fully saturated rings. The van der Waals surface area contributed by atoms with E-state index in [2.05, 4.69) is 26.1 Å². The number of ether oxygens (including phenoxy) is 3. The average molecular weight is 532 g/mol. The molecule has 11 heteroatoms. The zero-order valence-corrected chi connectivity index (χ0v) is 21.3. The summed E-state index contributed by atoms with van der Waals surface area (Å²) in [6.45, 7) is 2.63. The Balaban J connectivity index is 1.27. The Hall–Kier alpha value is -4.64. The van der Waals surface area contributed by atoms with Crippen molar-refractivity contribution in [2.24, 2.45) is 0 Å². The molecule has 38 heavy (non-hydrogen) atoms. The van der Waals surface area contributed by atoms with Gasteiger partial charge in [-0.25, -0.2) is 4.79 Å². The Morgan fingerprint density at radius 3 is 2.55 bits per heavy atom. The second-order valence-corrected chi connectivity index (χ2v) is 9.25. The van der Waals surface area contributed by atoms with Crippen LogP contribution >= 0.6 is 11.3 Å². The summed E-state index contributed by atoms with van der Waals surface area (Å²) in [4.78, 5) is 26.0. The van der Waals surface area contributed by atoms with E-state index in [4.69, 9.17) is 14.2 Å². The van der Waals surface area contributed by atoms with Gasteiger partial charge in [0.2, 0.25) is 17.8 Å². The summed E-state index contributed by atoms with van der Waals surface area (Å²) in [5, 5.41) is 17.5. The van der Waals surface area contributed by atoms with E-state index in [1.165, 1.54) is 11.3 Å². The van der Waals surface area contributed by atoms with Crippen molar-refractivity contribution in [3.05, 3.63) is 78.4 Å². The lowest BCUT2D eigenvalue weighted by molar-refractivity contribution is -0.117. The molecular formula is C27H25N5O5S. The third-order valence-electron chi connectivity index (χ3n) is 5.60. The Labute approximate surface area is 223 Å². The number of carbonyl (C=O) groups is 2. The number of amides is 3. The van der Waals surface area contributed by atoms with E-state index >= 15 is 0 Å². The van der Waals surface area contributed by atoms with Crippen molar-refractivity contribution in [2.45, 2.75) is 19.4 Å². The van der Waals surface area contributed by atoms with Gasteiger partial charge in [0.15, 0.2) is 11.5 Å². The van der Waals surface area contributed by atoms with Crippen LogP contribution in [0.15, 0.2) is 72.8 Å². The summed E-state index contributed by atoms with van der Waals surface area (Å²) >= 11 is 1.22. The van der Waals surface area contributed by atoms with Crippen LogP contribution in [-0.2, 0) is 11.2 Å². The van der Waals surface area contributed by atoms with E-state index in [1.807, 2.05) is 49.4 Å². The lowest BCUT2D eigenvalue weighted by Crippen LogP contribution is -2.46. The van der Waals surface area contributed by atoms with Crippen LogP contribution in [0.4, 0.5) is 15.6 Å². The fourth-order valence-electron chi connectivity index (χ4n) is 3.80. The predicted octanol–water partition coefficient (Wildman–Crippen LogP) is 4.70. The maximum atomic E-state index is 13.3. The predicted molar refractivity (Wildman–Crippen MR) is 144 cm³/mol. The van der Waals surface area contributed by atoms with Crippen molar-refractivity contribution < 1.29 is 23.8 Å². The van der Waals surface area contributed by atoms with Gasteiger partial charge in [0.25, 0.3) is 0 Å². The molecule has 3 aromatic carbocycles. The molecule has 0 aliphatic carbocycles. The third kappa shape index (κ3) is 6.19. The molecule has 3 N–H and O–H groups in total. The molecule has 0 spiro atoms. The van der Waals surface area contributed by atoms with E-state index in [0.717, 1.165) is 11.1 Å². The largest absolute Gasteiger partial charge is 0.494 e. The topological polar surface area (TPSA) is 124 Å². The Bertz CT molecular complexity index is 1410. The molecule has 3 amide bonds. The van der Waals surface area contributed by atoms with Crippen molar-refractivity contribution in [1.29, 1.82) is 0 Å². The number of rotatable bonds is 9. The van der Waals surface area contributed by atoms with Crippen LogP contribution in [0.5, 0.6) is 17.2 Å². The molecule has 4 aromatic rings. The van der Waals surface area contributed by atoms with Gasteiger partial charge in [-0.3, -0.25) is 10.1 Å². The normalized spacial score (nSPS) is 12.4. The number of benzene rings is 3. The number of aromatic nitrogens is 2. The number of urea groups is 1. The Kier molecular flexibility index (Phi) is 7.65. The first-order chi connectivity index (χ1) is 18.6. The molecule has 1 unspecified atom stereocenters. The molecular weight excluding hydrogens is 506 g/mol. The molecule has 0 bridgehead atoms. The average Bonchev–Trinajstić information content (AvgIpc) is 3.59. The first-order valence-electron chi connectivity index (χ1n) is 12.0. The monoisotopic (exact) mass is 531 g/mol. The van der Waals surface area contributed by atoms with Gasteiger partial charge in [-0.2, -0.15) is 0 Å². The van der Waals surface area contributed by atoms with Gasteiger partial charge in [-0.1, -0.05) is 41.7 Å². The molecule has 1 aliphatic heterocycles. The number of anilines is 2. The quantitative estimate of drug-likeness (QED) is 0.286. The first-order valence-corrected chi connectivity index (χ1v) is 12.8. The number of hydrogen-bond donors (Lipinski definition) is 3. The summed E-state index contributed by atoms with van der Waals surface area (Å²) in [7, 11) is 0. The SMILES string of the molecule is CCOc1ccc(NC(=O)NC(Cc2ccccc2)C(=O)Nc2nnc(-c3ccc4c(c3)OCO4)s2)cc1. The molecule has 0 radical (unpaired) electrons. The van der Waals surface area contributed by atoms with Crippen LogP contribution in [0, 0.1) is 0 Å². The molecule has 0 saturated carbocycles. The van der Waals surface area contributed by atoms with Gasteiger partial charge in [-0.05, 0) is 55.0 Å². The second-order valence-electron chi connectivity index (χ2n) is 8.27. The zero-order chi connectivity index (χ0) is 26.3. The Morgan fingerprint density at radius 1 is 0.974 bits per heavy atom. The van der Waals surface area contributed by atoms with Crippen LogP contribution in [0.1, 0.15) is 12.5 Å². The van der Waals surface area contributed by atoms with Gasteiger partial charge < -0.3 is 24.8 Å². The molecule has 194 valence electrons. The number of nitrogens with one attached hydrogen (secondary N) is 3. The maximum Gasteiger partial charge on any atom is 0.319 e. The standard InChI is InChI=1S/C27H25N5O5S/c1-2-35-20-11-9-19(10-12-20)28-26(34)29-21(14-17-6-4-3-5-7-17)24(33)30-27-32-31-25(38-27)18-8-13-22-23(15-18)37-16-36-22/h3-13,15,21H,2,14,16H2,1H3,(H2,28,29,34)(H,30,32,33). The molecule has 5 rings (SSSR count). The highest BCUT2D eigenvalue weighted by Crippen LogP contribution is 2.37. The van der Waals surface area contributed by atoms with Gasteiger partial charge in [0.05, 0.1) is 6.61 Å². The third-order valence-corrected chi connectivity index (χ3v) is 6.49. The maximum absolute atomic E-state index is 13.3. The van der Waals surface area contributed by atoms with Crippen molar-refractivity contribution in [2.75, 3.05) is 24.0 Å². The number of fused-ring (bicyclic) bond motifs is 1. The first kappa shape index (κ1) is 25.0. The van der Waals surface area contributed by atoms with Crippen LogP contribution in [0.2, 0.25) is 0 Å². The fraction of sp³-hybridized carbons (Fsp3) is 0.185. The number of hydrogen-bond acceptors (Lipinski definition) is 8. The highest BCUT2D eigenvalue weighted by atomic mass is 32.1. The van der Waals surface area contributed by atoms with Crippen molar-refractivity contribution in [3.8, 4) is 27.8 Å². The van der Waals surface area contributed by atoms with Gasteiger partial charge in [-0.15, -0.1) is 10.2 Å². The van der Waals surface area contributed by atoms with Gasteiger partial charge in [0.1, 0.15) is 16.8 Å². The zero-order valence-electron chi connectivity index (χ0n) is 20.5. The summed E-state index contributed by atoms with van der Waals surface area (Å²) in [6.07, 6.45) is 0.289. The van der Waals surface area contributed by atoms with Gasteiger partial charge in [0, 0.05) is 17.7 Å². The molecule has 1 aliphatic rings. The number of nitrogens with zero attached hydrogens (tertiary/aromatic N) is 2. The highest BCUT2D eigenvalue weighted by molar-refractivity contribution is 7.18. The highest BCUT2D eigenvalue weighted by Gasteiger charge is 2.23. The van der Waals surface area contributed by atoms with Crippen LogP contribution in [-0.4, -0.2) is 41.6 Å². The minimum atomic E-state index is -0.863. The lowest BCUT2D eigenvalue weighted by Gasteiger charge is -2.18. The summed E-state index contributed by atoms with van der Waals surface area (Å²) in [6, 6.07) is 20.5. The summed E-state index contributed by atoms with van der Waals surface area (Å²) in [5.74, 6) is 1.60. The van der Waals surface area contributed by atoms with Crippen LogP contribution in [0.3, 0.4) is 0 Å². The minimum absolute atomic E-state index is 0.179. The molecule has 0 saturated heterocycles. The van der Waals surface area contributed by atoms with E-state index in [1.54, 1.807) is 30.3 Å². The van der Waals surface area contributed by atoms with E-state index in [9.17, 15) is 9.59 Å². The van der Waals surface area contributed by atoms with Crippen molar-refractivity contribution in [1.82, 2.24) is 15.5 Å². The summed E-state index contributed by atoms with van der Waals surface area (Å²) in [5.41, 5.74) is 2.26. The molecule has 1 aromatic heterocycles. The van der Waals surface area contributed by atoms with E-state index in [0.29, 0.717) is 39.7 Å². The fourth-order valence-corrected chi connectivity index (χ4v) is 4.54. The lowest BCUT2D eigenvalue weighted by atomic mass is 10.1.